The highest BCUT2D eigenvalue weighted by atomic mass is 16.4. The third-order valence-electron chi connectivity index (χ3n) is 3.38. The van der Waals surface area contributed by atoms with Crippen LogP contribution < -0.4 is 5.32 Å². The van der Waals surface area contributed by atoms with E-state index in [9.17, 15) is 9.59 Å². The van der Waals surface area contributed by atoms with Crippen LogP contribution in [0.5, 0.6) is 0 Å². The van der Waals surface area contributed by atoms with Crippen molar-refractivity contribution in [3.8, 4) is 0 Å². The number of carbonyl (C=O) groups is 2. The highest BCUT2D eigenvalue weighted by Crippen LogP contribution is 2.19. The quantitative estimate of drug-likeness (QED) is 0.746. The van der Waals surface area contributed by atoms with E-state index in [1.807, 2.05) is 0 Å². The Hall–Kier alpha value is -1.10. The Bertz CT molecular complexity index is 297. The summed E-state index contributed by atoms with van der Waals surface area (Å²) in [6.45, 7) is 6.82. The van der Waals surface area contributed by atoms with Gasteiger partial charge in [-0.15, -0.1) is 0 Å². The standard InChI is InChI=1S/C13H24N2O3/c1-13(2,12(17)18)10-11(16)14-6-9-15-7-4-3-5-8-15/h3-10H2,1-2H3,(H,14,16)(H,17,18). The summed E-state index contributed by atoms with van der Waals surface area (Å²) in [6, 6.07) is 0. The van der Waals surface area contributed by atoms with Crippen LogP contribution in [0.25, 0.3) is 0 Å². The van der Waals surface area contributed by atoms with Gasteiger partial charge >= 0.3 is 5.97 Å². The van der Waals surface area contributed by atoms with E-state index < -0.39 is 11.4 Å². The van der Waals surface area contributed by atoms with Gasteiger partial charge in [0.1, 0.15) is 0 Å². The summed E-state index contributed by atoms with van der Waals surface area (Å²) in [6.07, 6.45) is 3.80. The number of hydrogen-bond acceptors (Lipinski definition) is 3. The minimum absolute atomic E-state index is 0.0301. The normalized spacial score (nSPS) is 17.4. The molecule has 1 fully saturated rings. The van der Waals surface area contributed by atoms with Crippen LogP contribution in [0.3, 0.4) is 0 Å². The summed E-state index contributed by atoms with van der Waals surface area (Å²) in [5.74, 6) is -1.12. The maximum Gasteiger partial charge on any atom is 0.309 e. The first-order valence-electron chi connectivity index (χ1n) is 6.64. The van der Waals surface area contributed by atoms with E-state index in [0.29, 0.717) is 6.54 Å². The van der Waals surface area contributed by atoms with Gasteiger partial charge in [-0.05, 0) is 39.8 Å². The number of carboxylic acid groups (broad SMARTS) is 1. The fourth-order valence-corrected chi connectivity index (χ4v) is 2.08. The van der Waals surface area contributed by atoms with Gasteiger partial charge in [-0.1, -0.05) is 6.42 Å². The van der Waals surface area contributed by atoms with Crippen LogP contribution >= 0.6 is 0 Å². The second-order valence-electron chi connectivity index (χ2n) is 5.62. The predicted octanol–water partition coefficient (Wildman–Crippen LogP) is 1.09. The van der Waals surface area contributed by atoms with Gasteiger partial charge in [-0.3, -0.25) is 9.59 Å². The average Bonchev–Trinajstić information content (AvgIpc) is 2.29. The molecule has 104 valence electrons. The van der Waals surface area contributed by atoms with Crippen molar-refractivity contribution in [1.29, 1.82) is 0 Å². The summed E-state index contributed by atoms with van der Waals surface area (Å²) in [7, 11) is 0. The highest BCUT2D eigenvalue weighted by Gasteiger charge is 2.29. The lowest BCUT2D eigenvalue weighted by molar-refractivity contribution is -0.149. The van der Waals surface area contributed by atoms with Crippen LogP contribution in [0, 0.1) is 5.41 Å². The minimum atomic E-state index is -0.991. The van der Waals surface area contributed by atoms with E-state index in [1.165, 1.54) is 19.3 Å². The Morgan fingerprint density at radius 1 is 1.22 bits per heavy atom. The van der Waals surface area contributed by atoms with Crippen molar-refractivity contribution in [2.75, 3.05) is 26.2 Å². The fraction of sp³-hybridized carbons (Fsp3) is 0.846. The number of carbonyl (C=O) groups excluding carboxylic acids is 1. The number of aliphatic carboxylic acids is 1. The number of piperidine rings is 1. The van der Waals surface area contributed by atoms with Gasteiger partial charge in [0.05, 0.1) is 5.41 Å². The monoisotopic (exact) mass is 256 g/mol. The first-order valence-corrected chi connectivity index (χ1v) is 6.64. The molecule has 0 saturated carbocycles. The number of nitrogens with one attached hydrogen (secondary N) is 1. The zero-order valence-electron chi connectivity index (χ0n) is 11.4. The molecule has 0 aromatic carbocycles. The molecule has 1 aliphatic rings. The number of carboxylic acids is 1. The number of amides is 1. The lowest BCUT2D eigenvalue weighted by Crippen LogP contribution is -2.39. The Balaban J connectivity index is 2.18. The molecule has 0 aliphatic carbocycles. The Morgan fingerprint density at radius 3 is 2.39 bits per heavy atom. The molecule has 0 aromatic rings. The SMILES string of the molecule is CC(C)(CC(=O)NCCN1CCCCC1)C(=O)O. The maximum absolute atomic E-state index is 11.6. The van der Waals surface area contributed by atoms with Gasteiger partial charge < -0.3 is 15.3 Å². The predicted molar refractivity (Wildman–Crippen MR) is 69.3 cm³/mol. The van der Waals surface area contributed by atoms with E-state index in [2.05, 4.69) is 10.2 Å². The summed E-state index contributed by atoms with van der Waals surface area (Å²) < 4.78 is 0. The molecule has 0 spiro atoms. The minimum Gasteiger partial charge on any atom is -0.481 e. The lowest BCUT2D eigenvalue weighted by atomic mass is 9.89. The molecule has 1 rings (SSSR count). The van der Waals surface area contributed by atoms with Crippen molar-refractivity contribution < 1.29 is 14.7 Å². The molecule has 0 unspecified atom stereocenters. The number of nitrogens with zero attached hydrogens (tertiary/aromatic N) is 1. The van der Waals surface area contributed by atoms with E-state index in [-0.39, 0.29) is 12.3 Å². The van der Waals surface area contributed by atoms with Gasteiger partial charge in [0, 0.05) is 19.5 Å². The van der Waals surface area contributed by atoms with Crippen LogP contribution in [-0.2, 0) is 9.59 Å². The van der Waals surface area contributed by atoms with Gasteiger partial charge in [0.25, 0.3) is 0 Å². The molecular formula is C13H24N2O3. The second kappa shape index (κ2) is 6.73. The topological polar surface area (TPSA) is 69.6 Å². The summed E-state index contributed by atoms with van der Waals surface area (Å²) in [5, 5.41) is 11.7. The molecule has 0 radical (unpaired) electrons. The van der Waals surface area contributed by atoms with Crippen molar-refractivity contribution in [1.82, 2.24) is 10.2 Å². The number of likely N-dealkylation sites (tertiary alicyclic amines) is 1. The van der Waals surface area contributed by atoms with Crippen LogP contribution in [0.4, 0.5) is 0 Å². The summed E-state index contributed by atoms with van der Waals surface area (Å²) in [5.41, 5.74) is -0.991. The van der Waals surface area contributed by atoms with Gasteiger partial charge in [0.2, 0.25) is 5.91 Å². The van der Waals surface area contributed by atoms with Crippen molar-refractivity contribution >= 4 is 11.9 Å². The van der Waals surface area contributed by atoms with Gasteiger partial charge in [0.15, 0.2) is 0 Å². The number of rotatable bonds is 6. The molecule has 0 atom stereocenters. The Morgan fingerprint density at radius 2 is 1.83 bits per heavy atom. The molecule has 5 nitrogen and oxygen atoms in total. The fourth-order valence-electron chi connectivity index (χ4n) is 2.08. The first kappa shape index (κ1) is 15.0. The molecule has 0 aromatic heterocycles. The Kier molecular flexibility index (Phi) is 5.59. The van der Waals surface area contributed by atoms with E-state index in [0.717, 1.165) is 19.6 Å². The zero-order valence-corrected chi connectivity index (χ0v) is 11.4. The van der Waals surface area contributed by atoms with Gasteiger partial charge in [-0.2, -0.15) is 0 Å². The summed E-state index contributed by atoms with van der Waals surface area (Å²) >= 11 is 0. The molecule has 1 aliphatic heterocycles. The zero-order chi connectivity index (χ0) is 13.6. The largest absolute Gasteiger partial charge is 0.481 e. The Labute approximate surface area is 109 Å². The van der Waals surface area contributed by atoms with Crippen LogP contribution in [0.1, 0.15) is 39.5 Å². The van der Waals surface area contributed by atoms with Crippen molar-refractivity contribution in [3.63, 3.8) is 0 Å². The van der Waals surface area contributed by atoms with Crippen LogP contribution in [0.15, 0.2) is 0 Å². The molecule has 2 N–H and O–H groups in total. The van der Waals surface area contributed by atoms with Crippen molar-refractivity contribution in [3.05, 3.63) is 0 Å². The van der Waals surface area contributed by atoms with E-state index in [4.69, 9.17) is 5.11 Å². The van der Waals surface area contributed by atoms with Crippen LogP contribution in [-0.4, -0.2) is 48.1 Å². The maximum atomic E-state index is 11.6. The van der Waals surface area contributed by atoms with E-state index >= 15 is 0 Å². The second-order valence-corrected chi connectivity index (χ2v) is 5.62. The third kappa shape index (κ3) is 5.04. The molecule has 1 heterocycles. The molecule has 0 bridgehead atoms. The molecule has 5 heteroatoms. The molecule has 1 saturated heterocycles. The van der Waals surface area contributed by atoms with Crippen molar-refractivity contribution in [2.24, 2.45) is 5.41 Å². The molecule has 18 heavy (non-hydrogen) atoms. The van der Waals surface area contributed by atoms with E-state index in [1.54, 1.807) is 13.8 Å². The molecule has 1 amide bonds. The lowest BCUT2D eigenvalue weighted by Gasteiger charge is -2.26. The average molecular weight is 256 g/mol. The number of hydrogen-bond donors (Lipinski definition) is 2. The van der Waals surface area contributed by atoms with Crippen LogP contribution in [0.2, 0.25) is 0 Å². The first-order chi connectivity index (χ1) is 8.42. The van der Waals surface area contributed by atoms with Gasteiger partial charge in [-0.25, -0.2) is 0 Å². The smallest absolute Gasteiger partial charge is 0.309 e. The highest BCUT2D eigenvalue weighted by molar-refractivity contribution is 5.84. The molecular weight excluding hydrogens is 232 g/mol. The third-order valence-corrected chi connectivity index (χ3v) is 3.38. The van der Waals surface area contributed by atoms with Crippen molar-refractivity contribution in [2.45, 2.75) is 39.5 Å². The summed E-state index contributed by atoms with van der Waals surface area (Å²) in [4.78, 5) is 24.8.